The molecule has 0 unspecified atom stereocenters. The van der Waals surface area contributed by atoms with Crippen molar-refractivity contribution in [1.82, 2.24) is 25.0 Å². The SMILES string of the molecule is CCc1nnc(NC(=O)CSc2nnc(-c3ccc(N(CC)CC)cc3)n2CC)s1. The topological polar surface area (TPSA) is 88.8 Å². The average molecular weight is 446 g/mol. The van der Waals surface area contributed by atoms with Crippen molar-refractivity contribution in [1.29, 1.82) is 0 Å². The van der Waals surface area contributed by atoms with Crippen molar-refractivity contribution in [2.24, 2.45) is 0 Å². The van der Waals surface area contributed by atoms with Gasteiger partial charge in [0.1, 0.15) is 5.01 Å². The van der Waals surface area contributed by atoms with Gasteiger partial charge in [0.15, 0.2) is 11.0 Å². The number of hydrogen-bond acceptors (Lipinski definition) is 8. The Morgan fingerprint density at radius 3 is 2.40 bits per heavy atom. The molecule has 0 radical (unpaired) electrons. The van der Waals surface area contributed by atoms with Crippen LogP contribution in [0.25, 0.3) is 11.4 Å². The average Bonchev–Trinajstić information content (AvgIpc) is 3.40. The summed E-state index contributed by atoms with van der Waals surface area (Å²) in [6, 6.07) is 8.38. The molecule has 30 heavy (non-hydrogen) atoms. The molecule has 1 aromatic carbocycles. The van der Waals surface area contributed by atoms with Crippen molar-refractivity contribution in [3.8, 4) is 11.4 Å². The Balaban J connectivity index is 1.67. The number of hydrogen-bond donors (Lipinski definition) is 1. The van der Waals surface area contributed by atoms with Gasteiger partial charge in [-0.05, 0) is 51.5 Å². The number of carbonyl (C=O) groups excluding carboxylic acids is 1. The lowest BCUT2D eigenvalue weighted by Gasteiger charge is -2.21. The maximum absolute atomic E-state index is 12.3. The lowest BCUT2D eigenvalue weighted by Crippen LogP contribution is -2.21. The number of amides is 1. The Kier molecular flexibility index (Phi) is 7.81. The molecule has 2 heterocycles. The molecule has 3 rings (SSSR count). The van der Waals surface area contributed by atoms with E-state index in [0.29, 0.717) is 5.13 Å². The molecule has 10 heteroatoms. The first kappa shape index (κ1) is 22.2. The summed E-state index contributed by atoms with van der Waals surface area (Å²) < 4.78 is 2.03. The summed E-state index contributed by atoms with van der Waals surface area (Å²) in [5.41, 5.74) is 2.21. The maximum Gasteiger partial charge on any atom is 0.236 e. The van der Waals surface area contributed by atoms with Crippen LogP contribution in [0.4, 0.5) is 10.8 Å². The summed E-state index contributed by atoms with van der Waals surface area (Å²) >= 11 is 2.77. The predicted octanol–water partition coefficient (Wildman–Crippen LogP) is 3.96. The highest BCUT2D eigenvalue weighted by Gasteiger charge is 2.16. The van der Waals surface area contributed by atoms with E-state index in [1.807, 2.05) is 11.5 Å². The summed E-state index contributed by atoms with van der Waals surface area (Å²) in [6.07, 6.45) is 0.806. The molecule has 0 saturated carbocycles. The largest absolute Gasteiger partial charge is 0.372 e. The second kappa shape index (κ2) is 10.5. The molecule has 2 aromatic heterocycles. The summed E-state index contributed by atoms with van der Waals surface area (Å²) in [4.78, 5) is 14.6. The van der Waals surface area contributed by atoms with Crippen molar-refractivity contribution in [2.45, 2.75) is 45.8 Å². The molecular weight excluding hydrogens is 418 g/mol. The minimum Gasteiger partial charge on any atom is -0.372 e. The fraction of sp³-hybridized carbons (Fsp3) is 0.450. The molecule has 3 aromatic rings. The standard InChI is InChI=1S/C20H27N7OS2/c1-5-17-22-24-19(30-17)21-16(28)13-29-20-25-23-18(27(20)8-4)14-9-11-15(12-10-14)26(6-2)7-3/h9-12H,5-8,13H2,1-4H3,(H,21,24,28). The van der Waals surface area contributed by atoms with Crippen molar-refractivity contribution in [2.75, 3.05) is 29.1 Å². The van der Waals surface area contributed by atoms with Gasteiger partial charge in [-0.25, -0.2) is 0 Å². The number of thioether (sulfide) groups is 1. The molecule has 0 aliphatic heterocycles. The van der Waals surface area contributed by atoms with Gasteiger partial charge in [0.2, 0.25) is 11.0 Å². The zero-order valence-electron chi connectivity index (χ0n) is 17.8. The van der Waals surface area contributed by atoms with Crippen LogP contribution in [0, 0.1) is 0 Å². The van der Waals surface area contributed by atoms with Gasteiger partial charge in [-0.3, -0.25) is 10.1 Å². The van der Waals surface area contributed by atoms with Crippen LogP contribution in [0.3, 0.4) is 0 Å². The summed E-state index contributed by atoms with van der Waals surface area (Å²) in [7, 11) is 0. The molecule has 160 valence electrons. The van der Waals surface area contributed by atoms with Crippen molar-refractivity contribution >= 4 is 39.8 Å². The van der Waals surface area contributed by atoms with E-state index in [0.717, 1.165) is 47.6 Å². The minimum absolute atomic E-state index is 0.130. The molecule has 0 saturated heterocycles. The number of anilines is 2. The first-order valence-electron chi connectivity index (χ1n) is 10.1. The van der Waals surface area contributed by atoms with Gasteiger partial charge >= 0.3 is 0 Å². The van der Waals surface area contributed by atoms with E-state index in [1.165, 1.54) is 28.8 Å². The van der Waals surface area contributed by atoms with Crippen LogP contribution in [0.5, 0.6) is 0 Å². The lowest BCUT2D eigenvalue weighted by molar-refractivity contribution is -0.113. The quantitative estimate of drug-likeness (QED) is 0.473. The van der Waals surface area contributed by atoms with Gasteiger partial charge in [-0.15, -0.1) is 20.4 Å². The number of aromatic nitrogens is 5. The molecule has 8 nitrogen and oxygen atoms in total. The van der Waals surface area contributed by atoms with E-state index < -0.39 is 0 Å². The van der Waals surface area contributed by atoms with Crippen molar-refractivity contribution in [3.05, 3.63) is 29.3 Å². The fourth-order valence-corrected chi connectivity index (χ4v) is 4.53. The molecule has 0 aliphatic rings. The molecule has 1 N–H and O–H groups in total. The number of nitrogens with one attached hydrogen (secondary N) is 1. The highest BCUT2D eigenvalue weighted by molar-refractivity contribution is 7.99. The molecule has 1 amide bonds. The fourth-order valence-electron chi connectivity index (χ4n) is 3.04. The molecule has 0 atom stereocenters. The Morgan fingerprint density at radius 2 is 1.80 bits per heavy atom. The second-order valence-electron chi connectivity index (χ2n) is 6.46. The van der Waals surface area contributed by atoms with E-state index in [1.54, 1.807) is 0 Å². The van der Waals surface area contributed by atoms with E-state index >= 15 is 0 Å². The molecule has 0 spiro atoms. The lowest BCUT2D eigenvalue weighted by atomic mass is 10.2. The van der Waals surface area contributed by atoms with Crippen molar-refractivity contribution in [3.63, 3.8) is 0 Å². The highest BCUT2D eigenvalue weighted by atomic mass is 32.2. The highest BCUT2D eigenvalue weighted by Crippen LogP contribution is 2.26. The Hall–Kier alpha value is -2.46. The van der Waals surface area contributed by atoms with Gasteiger partial charge in [-0.1, -0.05) is 30.0 Å². The minimum atomic E-state index is -0.130. The van der Waals surface area contributed by atoms with Gasteiger partial charge in [0.25, 0.3) is 0 Å². The number of benzene rings is 1. The van der Waals surface area contributed by atoms with Gasteiger partial charge in [0, 0.05) is 30.9 Å². The van der Waals surface area contributed by atoms with E-state index in [2.05, 4.69) is 75.6 Å². The van der Waals surface area contributed by atoms with Gasteiger partial charge in [0.05, 0.1) is 5.75 Å². The van der Waals surface area contributed by atoms with Crippen LogP contribution < -0.4 is 10.2 Å². The molecule has 0 fully saturated rings. The smallest absolute Gasteiger partial charge is 0.236 e. The summed E-state index contributed by atoms with van der Waals surface area (Å²) in [5, 5.41) is 21.6. The second-order valence-corrected chi connectivity index (χ2v) is 8.47. The summed E-state index contributed by atoms with van der Waals surface area (Å²) in [6.45, 7) is 11.0. The summed E-state index contributed by atoms with van der Waals surface area (Å²) in [5.74, 6) is 0.915. The molecule has 0 aliphatic carbocycles. The van der Waals surface area contributed by atoms with Crippen molar-refractivity contribution < 1.29 is 4.79 Å². The van der Waals surface area contributed by atoms with Crippen LogP contribution in [0.1, 0.15) is 32.7 Å². The Bertz CT molecular complexity index is 964. The van der Waals surface area contributed by atoms with E-state index in [-0.39, 0.29) is 11.7 Å². The number of rotatable bonds is 10. The number of aryl methyl sites for hydroxylation is 1. The third-order valence-corrected chi connectivity index (χ3v) is 6.58. The van der Waals surface area contributed by atoms with Gasteiger partial charge in [-0.2, -0.15) is 0 Å². The molecule has 0 bridgehead atoms. The zero-order chi connectivity index (χ0) is 21.5. The van der Waals surface area contributed by atoms with Crippen LogP contribution >= 0.6 is 23.1 Å². The van der Waals surface area contributed by atoms with Crippen LogP contribution in [0.15, 0.2) is 29.4 Å². The predicted molar refractivity (Wildman–Crippen MR) is 123 cm³/mol. The normalized spacial score (nSPS) is 10.9. The molecular formula is C20H27N7OS2. The van der Waals surface area contributed by atoms with E-state index in [4.69, 9.17) is 0 Å². The zero-order valence-corrected chi connectivity index (χ0v) is 19.4. The van der Waals surface area contributed by atoms with Crippen LogP contribution in [-0.2, 0) is 17.8 Å². The van der Waals surface area contributed by atoms with Gasteiger partial charge < -0.3 is 9.47 Å². The Labute approximate surface area is 185 Å². The number of carbonyl (C=O) groups is 1. The first-order chi connectivity index (χ1) is 14.6. The van der Waals surface area contributed by atoms with Crippen LogP contribution in [-0.4, -0.2) is 49.7 Å². The first-order valence-corrected chi connectivity index (χ1v) is 11.9. The van der Waals surface area contributed by atoms with Crippen LogP contribution in [0.2, 0.25) is 0 Å². The maximum atomic E-state index is 12.3. The monoisotopic (exact) mass is 445 g/mol. The Morgan fingerprint density at radius 1 is 1.07 bits per heavy atom. The third kappa shape index (κ3) is 5.17. The van der Waals surface area contributed by atoms with E-state index in [9.17, 15) is 4.79 Å². The number of nitrogens with zero attached hydrogens (tertiary/aromatic N) is 6. The third-order valence-electron chi connectivity index (χ3n) is 4.64.